The molecule has 2 aromatic heterocycles. The molecule has 0 aliphatic carbocycles. The van der Waals surface area contributed by atoms with E-state index in [0.29, 0.717) is 0 Å². The van der Waals surface area contributed by atoms with Crippen molar-refractivity contribution in [3.05, 3.63) is 54.1 Å². The fourth-order valence-corrected chi connectivity index (χ4v) is 4.09. The first-order chi connectivity index (χ1) is 13.6. The first-order valence-corrected chi connectivity index (χ1v) is 9.71. The van der Waals surface area contributed by atoms with Crippen molar-refractivity contribution < 1.29 is 4.74 Å². The van der Waals surface area contributed by atoms with Crippen LogP contribution in [-0.4, -0.2) is 44.9 Å². The smallest absolute Gasteiger partial charge is 0.213 e. The SMILES string of the molecule is Cc1cccc(-c2nnc3c4ccccc4nc(N4C[C@@H](C)O[C@@H](C)C4)n23)c1. The minimum Gasteiger partial charge on any atom is -0.372 e. The Morgan fingerprint density at radius 1 is 0.964 bits per heavy atom. The lowest BCUT2D eigenvalue weighted by Crippen LogP contribution is -2.46. The van der Waals surface area contributed by atoms with Gasteiger partial charge in [-0.1, -0.05) is 35.9 Å². The van der Waals surface area contributed by atoms with Gasteiger partial charge in [0.15, 0.2) is 11.5 Å². The number of aryl methyl sites for hydroxylation is 1. The molecule has 0 N–H and O–H groups in total. The van der Waals surface area contributed by atoms with Crippen LogP contribution in [0.1, 0.15) is 19.4 Å². The molecule has 1 saturated heterocycles. The number of ether oxygens (including phenoxy) is 1. The van der Waals surface area contributed by atoms with E-state index in [9.17, 15) is 0 Å². The van der Waals surface area contributed by atoms with Crippen LogP contribution in [0.15, 0.2) is 48.5 Å². The molecule has 5 rings (SSSR count). The molecule has 6 heteroatoms. The summed E-state index contributed by atoms with van der Waals surface area (Å²) in [6.45, 7) is 7.88. The van der Waals surface area contributed by atoms with Gasteiger partial charge in [-0.15, -0.1) is 10.2 Å². The number of rotatable bonds is 2. The molecule has 0 saturated carbocycles. The van der Waals surface area contributed by atoms with Gasteiger partial charge in [-0.25, -0.2) is 9.38 Å². The van der Waals surface area contributed by atoms with Crippen molar-refractivity contribution in [3.8, 4) is 11.4 Å². The zero-order chi connectivity index (χ0) is 19.3. The van der Waals surface area contributed by atoms with E-state index in [0.717, 1.165) is 47.0 Å². The van der Waals surface area contributed by atoms with Crippen molar-refractivity contribution in [1.82, 2.24) is 19.6 Å². The molecular weight excluding hydrogens is 350 g/mol. The van der Waals surface area contributed by atoms with E-state index in [4.69, 9.17) is 9.72 Å². The number of aromatic nitrogens is 4. The van der Waals surface area contributed by atoms with Crippen LogP contribution in [0.3, 0.4) is 0 Å². The van der Waals surface area contributed by atoms with Crippen molar-refractivity contribution in [1.29, 1.82) is 0 Å². The molecule has 1 aliphatic heterocycles. The van der Waals surface area contributed by atoms with Gasteiger partial charge >= 0.3 is 0 Å². The zero-order valence-electron chi connectivity index (χ0n) is 16.3. The van der Waals surface area contributed by atoms with E-state index in [1.165, 1.54) is 5.56 Å². The molecule has 4 aromatic rings. The lowest BCUT2D eigenvalue weighted by atomic mass is 10.1. The van der Waals surface area contributed by atoms with Gasteiger partial charge in [0.25, 0.3) is 0 Å². The molecule has 28 heavy (non-hydrogen) atoms. The third-order valence-corrected chi connectivity index (χ3v) is 5.21. The Hall–Kier alpha value is -2.99. The van der Waals surface area contributed by atoms with Crippen LogP contribution in [0.25, 0.3) is 27.9 Å². The minimum atomic E-state index is 0.144. The van der Waals surface area contributed by atoms with Crippen LogP contribution in [0, 0.1) is 6.92 Å². The normalized spacial score (nSPS) is 20.2. The van der Waals surface area contributed by atoms with E-state index < -0.39 is 0 Å². The highest BCUT2D eigenvalue weighted by molar-refractivity contribution is 5.93. The molecule has 0 spiro atoms. The molecule has 3 heterocycles. The van der Waals surface area contributed by atoms with Crippen molar-refractivity contribution in [2.75, 3.05) is 18.0 Å². The van der Waals surface area contributed by atoms with E-state index >= 15 is 0 Å². The van der Waals surface area contributed by atoms with Crippen LogP contribution in [0.5, 0.6) is 0 Å². The molecule has 0 radical (unpaired) electrons. The van der Waals surface area contributed by atoms with Gasteiger partial charge in [0.2, 0.25) is 5.95 Å². The molecule has 1 aliphatic rings. The molecule has 2 aromatic carbocycles. The molecule has 1 fully saturated rings. The molecule has 0 unspecified atom stereocenters. The fourth-order valence-electron chi connectivity index (χ4n) is 4.09. The molecule has 0 bridgehead atoms. The van der Waals surface area contributed by atoms with Gasteiger partial charge in [0, 0.05) is 24.0 Å². The van der Waals surface area contributed by atoms with Gasteiger partial charge in [0.05, 0.1) is 17.7 Å². The largest absolute Gasteiger partial charge is 0.372 e. The van der Waals surface area contributed by atoms with Gasteiger partial charge in [-0.05, 0) is 39.0 Å². The standard InChI is InChI=1S/C22H23N5O/c1-14-7-6-8-17(11-14)20-24-25-21-18-9-4-5-10-19(18)23-22(27(20)21)26-12-15(2)28-16(3)13-26/h4-11,15-16H,12-13H2,1-3H3/t15-,16+. The van der Waals surface area contributed by atoms with Crippen LogP contribution >= 0.6 is 0 Å². The number of morpholine rings is 1. The number of hydrogen-bond donors (Lipinski definition) is 0. The number of hydrogen-bond acceptors (Lipinski definition) is 5. The Bertz CT molecular complexity index is 1160. The Kier molecular flexibility index (Phi) is 4.02. The highest BCUT2D eigenvalue weighted by atomic mass is 16.5. The summed E-state index contributed by atoms with van der Waals surface area (Å²) in [5.74, 6) is 1.69. The molecule has 142 valence electrons. The molecule has 6 nitrogen and oxygen atoms in total. The predicted molar refractivity (Wildman–Crippen MR) is 111 cm³/mol. The average Bonchev–Trinajstić information content (AvgIpc) is 3.12. The number of para-hydroxylation sites is 1. The highest BCUT2D eigenvalue weighted by Gasteiger charge is 2.27. The Morgan fingerprint density at radius 2 is 1.75 bits per heavy atom. The third kappa shape index (κ3) is 2.81. The third-order valence-electron chi connectivity index (χ3n) is 5.21. The van der Waals surface area contributed by atoms with E-state index in [-0.39, 0.29) is 12.2 Å². The van der Waals surface area contributed by atoms with Crippen LogP contribution in [0.4, 0.5) is 5.95 Å². The molecule has 2 atom stereocenters. The molecular formula is C22H23N5O. The summed E-state index contributed by atoms with van der Waals surface area (Å²) in [6.07, 6.45) is 0.289. The van der Waals surface area contributed by atoms with Crippen LogP contribution in [0.2, 0.25) is 0 Å². The van der Waals surface area contributed by atoms with Crippen LogP contribution in [-0.2, 0) is 4.74 Å². The van der Waals surface area contributed by atoms with Crippen molar-refractivity contribution >= 4 is 22.5 Å². The average molecular weight is 373 g/mol. The van der Waals surface area contributed by atoms with Gasteiger partial charge in [-0.3, -0.25) is 0 Å². The summed E-state index contributed by atoms with van der Waals surface area (Å²) in [5, 5.41) is 10.1. The van der Waals surface area contributed by atoms with Gasteiger partial charge in [0.1, 0.15) is 0 Å². The van der Waals surface area contributed by atoms with Gasteiger partial charge < -0.3 is 9.64 Å². The quantitative estimate of drug-likeness (QED) is 0.534. The summed E-state index contributed by atoms with van der Waals surface area (Å²) >= 11 is 0. The van der Waals surface area contributed by atoms with Crippen molar-refractivity contribution in [2.45, 2.75) is 33.0 Å². The number of fused-ring (bicyclic) bond motifs is 3. The maximum absolute atomic E-state index is 5.94. The zero-order valence-corrected chi connectivity index (χ0v) is 16.3. The van der Waals surface area contributed by atoms with E-state index in [1.807, 2.05) is 18.2 Å². The van der Waals surface area contributed by atoms with E-state index in [1.54, 1.807) is 0 Å². The number of anilines is 1. The summed E-state index contributed by atoms with van der Waals surface area (Å²) in [4.78, 5) is 7.32. The van der Waals surface area contributed by atoms with Crippen molar-refractivity contribution in [2.24, 2.45) is 0 Å². The first kappa shape index (κ1) is 17.1. The predicted octanol–water partition coefficient (Wildman–Crippen LogP) is 3.87. The second kappa shape index (κ2) is 6.56. The van der Waals surface area contributed by atoms with Crippen molar-refractivity contribution in [3.63, 3.8) is 0 Å². The summed E-state index contributed by atoms with van der Waals surface area (Å²) < 4.78 is 8.04. The minimum absolute atomic E-state index is 0.144. The second-order valence-electron chi connectivity index (χ2n) is 7.64. The lowest BCUT2D eigenvalue weighted by Gasteiger charge is -2.36. The maximum atomic E-state index is 5.94. The Morgan fingerprint density at radius 3 is 2.54 bits per heavy atom. The summed E-state index contributed by atoms with van der Waals surface area (Å²) in [5.41, 5.74) is 4.00. The van der Waals surface area contributed by atoms with Crippen LogP contribution < -0.4 is 4.90 Å². The number of nitrogens with zero attached hydrogens (tertiary/aromatic N) is 5. The van der Waals surface area contributed by atoms with E-state index in [2.05, 4.69) is 70.6 Å². The topological polar surface area (TPSA) is 55.5 Å². The Labute approximate surface area is 163 Å². The lowest BCUT2D eigenvalue weighted by molar-refractivity contribution is -0.00576. The summed E-state index contributed by atoms with van der Waals surface area (Å²) in [7, 11) is 0. The number of benzene rings is 2. The monoisotopic (exact) mass is 373 g/mol. The second-order valence-corrected chi connectivity index (χ2v) is 7.64. The summed E-state index contributed by atoms with van der Waals surface area (Å²) in [6, 6.07) is 16.5. The highest BCUT2D eigenvalue weighted by Crippen LogP contribution is 2.30. The Balaban J connectivity index is 1.80. The van der Waals surface area contributed by atoms with Gasteiger partial charge in [-0.2, -0.15) is 0 Å². The first-order valence-electron chi connectivity index (χ1n) is 9.71. The fraction of sp³-hybridized carbons (Fsp3) is 0.318. The maximum Gasteiger partial charge on any atom is 0.213 e. The molecule has 0 amide bonds.